The van der Waals surface area contributed by atoms with Gasteiger partial charge in [0.05, 0.1) is 35.2 Å². The molecule has 2 N–H and O–H groups in total. The summed E-state index contributed by atoms with van der Waals surface area (Å²) in [6, 6.07) is 28.1. The molecule has 1 amide bonds. The zero-order valence-electron chi connectivity index (χ0n) is 23.5. The Morgan fingerprint density at radius 2 is 1.70 bits per heavy atom. The van der Waals surface area contributed by atoms with Gasteiger partial charge in [0.25, 0.3) is 5.56 Å². The van der Waals surface area contributed by atoms with Gasteiger partial charge in [-0.25, -0.2) is 18.1 Å². The summed E-state index contributed by atoms with van der Waals surface area (Å²) in [5, 5.41) is 7.45. The molecule has 4 aromatic carbocycles. The van der Waals surface area contributed by atoms with Gasteiger partial charge in [-0.15, -0.1) is 0 Å². The Hall–Kier alpha value is -5.13. The van der Waals surface area contributed by atoms with Crippen molar-refractivity contribution < 1.29 is 17.9 Å². The second-order valence-electron chi connectivity index (χ2n) is 9.69. The van der Waals surface area contributed by atoms with Gasteiger partial charge in [0.1, 0.15) is 5.75 Å². The van der Waals surface area contributed by atoms with Crippen molar-refractivity contribution in [3.63, 3.8) is 0 Å². The van der Waals surface area contributed by atoms with Gasteiger partial charge in [0.15, 0.2) is 5.82 Å². The Kier molecular flexibility index (Phi) is 8.74. The molecule has 0 saturated heterocycles. The number of amides is 1. The first-order valence-electron chi connectivity index (χ1n) is 13.4. The number of para-hydroxylation sites is 1. The SMILES string of the molecule is COc1cccc(/C=N/n2c(C(Cc3ccccc3)NS(=O)(=O)c3ccc(NC(C)=O)cc3)nc3ccccc3c2=O)c1. The number of ether oxygens (including phenoxy) is 1. The van der Waals surface area contributed by atoms with Gasteiger partial charge in [-0.2, -0.15) is 9.78 Å². The van der Waals surface area contributed by atoms with Gasteiger partial charge in [0.2, 0.25) is 15.9 Å². The predicted molar refractivity (Wildman–Crippen MR) is 166 cm³/mol. The van der Waals surface area contributed by atoms with Crippen LogP contribution in [0.2, 0.25) is 0 Å². The minimum Gasteiger partial charge on any atom is -0.497 e. The summed E-state index contributed by atoms with van der Waals surface area (Å²) >= 11 is 0. The zero-order chi connectivity index (χ0) is 30.4. The normalized spacial score (nSPS) is 12.3. The molecule has 0 aliphatic rings. The Labute approximate surface area is 248 Å². The summed E-state index contributed by atoms with van der Waals surface area (Å²) in [6.07, 6.45) is 1.68. The molecule has 1 unspecified atom stereocenters. The molecule has 0 radical (unpaired) electrons. The Morgan fingerprint density at radius 1 is 0.977 bits per heavy atom. The summed E-state index contributed by atoms with van der Waals surface area (Å²) in [7, 11) is -2.56. The highest BCUT2D eigenvalue weighted by molar-refractivity contribution is 7.89. The molecule has 218 valence electrons. The van der Waals surface area contributed by atoms with Gasteiger partial charge in [-0.05, 0) is 66.1 Å². The molecule has 0 aliphatic heterocycles. The minimum atomic E-state index is -4.12. The molecule has 43 heavy (non-hydrogen) atoms. The van der Waals surface area contributed by atoms with Crippen LogP contribution in [0, 0.1) is 0 Å². The van der Waals surface area contributed by atoms with Crippen molar-refractivity contribution in [1.29, 1.82) is 0 Å². The van der Waals surface area contributed by atoms with Crippen LogP contribution in [0.3, 0.4) is 0 Å². The lowest BCUT2D eigenvalue weighted by Gasteiger charge is -2.21. The molecule has 0 aliphatic carbocycles. The molecule has 5 aromatic rings. The fourth-order valence-corrected chi connectivity index (χ4v) is 5.73. The first-order valence-corrected chi connectivity index (χ1v) is 14.9. The van der Waals surface area contributed by atoms with E-state index in [-0.39, 0.29) is 23.0 Å². The highest BCUT2D eigenvalue weighted by Gasteiger charge is 2.27. The van der Waals surface area contributed by atoms with Crippen molar-refractivity contribution in [3.05, 3.63) is 130 Å². The molecule has 0 saturated carbocycles. The van der Waals surface area contributed by atoms with Gasteiger partial charge in [0, 0.05) is 12.6 Å². The van der Waals surface area contributed by atoms with Crippen LogP contribution in [-0.2, 0) is 21.2 Å². The number of fused-ring (bicyclic) bond motifs is 1. The van der Waals surface area contributed by atoms with E-state index in [1.807, 2.05) is 30.3 Å². The Bertz CT molecular complexity index is 1960. The summed E-state index contributed by atoms with van der Waals surface area (Å²) < 4.78 is 36.6. The maximum Gasteiger partial charge on any atom is 0.282 e. The molecule has 1 heterocycles. The summed E-state index contributed by atoms with van der Waals surface area (Å²) in [6.45, 7) is 1.37. The number of anilines is 1. The second-order valence-corrected chi connectivity index (χ2v) is 11.4. The second kappa shape index (κ2) is 12.8. The minimum absolute atomic E-state index is 0.0192. The van der Waals surface area contributed by atoms with E-state index in [1.54, 1.807) is 55.6 Å². The van der Waals surface area contributed by atoms with Crippen molar-refractivity contribution in [2.45, 2.75) is 24.3 Å². The number of aromatic nitrogens is 2. The van der Waals surface area contributed by atoms with Crippen molar-refractivity contribution in [2.75, 3.05) is 12.4 Å². The Morgan fingerprint density at radius 3 is 2.42 bits per heavy atom. The van der Waals surface area contributed by atoms with Crippen molar-refractivity contribution in [3.8, 4) is 5.75 Å². The van der Waals surface area contributed by atoms with E-state index in [0.29, 0.717) is 27.9 Å². The number of benzene rings is 4. The largest absolute Gasteiger partial charge is 0.497 e. The van der Waals surface area contributed by atoms with Crippen LogP contribution in [0.5, 0.6) is 5.75 Å². The number of sulfonamides is 1. The third-order valence-corrected chi connectivity index (χ3v) is 8.06. The smallest absolute Gasteiger partial charge is 0.282 e. The van der Waals surface area contributed by atoms with Crippen molar-refractivity contribution in [2.24, 2.45) is 5.10 Å². The van der Waals surface area contributed by atoms with Crippen LogP contribution < -0.4 is 20.3 Å². The van der Waals surface area contributed by atoms with Crippen LogP contribution in [0.25, 0.3) is 10.9 Å². The molecule has 10 nitrogen and oxygen atoms in total. The lowest BCUT2D eigenvalue weighted by atomic mass is 10.1. The molecule has 5 rings (SSSR count). The predicted octanol–water partition coefficient (Wildman–Crippen LogP) is 4.51. The standard InChI is InChI=1S/C32H29N5O5S/c1-22(38)34-25-15-17-27(18-16-25)43(40,41)36-30(20-23-9-4-3-5-10-23)31-35-29-14-7-6-13-28(29)32(39)37(31)33-21-24-11-8-12-26(19-24)42-2/h3-19,21,30,36H,20H2,1-2H3,(H,34,38)/b33-21+. The summed E-state index contributed by atoms with van der Waals surface area (Å²) in [4.78, 5) is 29.9. The van der Waals surface area contributed by atoms with Crippen LogP contribution in [0.15, 0.2) is 118 Å². The number of hydrogen-bond acceptors (Lipinski definition) is 7. The van der Waals surface area contributed by atoms with E-state index >= 15 is 0 Å². The van der Waals surface area contributed by atoms with E-state index in [1.165, 1.54) is 37.4 Å². The molecule has 11 heteroatoms. The van der Waals surface area contributed by atoms with E-state index in [0.717, 1.165) is 10.2 Å². The molecule has 0 bridgehead atoms. The number of hydrogen-bond donors (Lipinski definition) is 2. The van der Waals surface area contributed by atoms with Crippen LogP contribution in [-0.4, -0.2) is 37.3 Å². The number of methoxy groups -OCH3 is 1. The van der Waals surface area contributed by atoms with Gasteiger partial charge < -0.3 is 10.1 Å². The summed E-state index contributed by atoms with van der Waals surface area (Å²) in [5.74, 6) is 0.462. The lowest BCUT2D eigenvalue weighted by Crippen LogP contribution is -2.35. The third kappa shape index (κ3) is 7.03. The van der Waals surface area contributed by atoms with Gasteiger partial charge in [-0.1, -0.05) is 54.6 Å². The topological polar surface area (TPSA) is 132 Å². The first-order chi connectivity index (χ1) is 20.7. The number of nitrogens with zero attached hydrogens (tertiary/aromatic N) is 3. The zero-order valence-corrected chi connectivity index (χ0v) is 24.3. The Balaban J connectivity index is 1.63. The van der Waals surface area contributed by atoms with Crippen molar-refractivity contribution in [1.82, 2.24) is 14.4 Å². The van der Waals surface area contributed by atoms with E-state index in [2.05, 4.69) is 15.1 Å². The number of carbonyl (C=O) groups excluding carboxylic acids is 1. The highest BCUT2D eigenvalue weighted by Crippen LogP contribution is 2.23. The quantitative estimate of drug-likeness (QED) is 0.229. The fourth-order valence-electron chi connectivity index (χ4n) is 4.54. The monoisotopic (exact) mass is 595 g/mol. The lowest BCUT2D eigenvalue weighted by molar-refractivity contribution is -0.114. The van der Waals surface area contributed by atoms with E-state index in [4.69, 9.17) is 9.72 Å². The van der Waals surface area contributed by atoms with Crippen LogP contribution in [0.4, 0.5) is 5.69 Å². The van der Waals surface area contributed by atoms with E-state index < -0.39 is 21.6 Å². The molecular weight excluding hydrogens is 566 g/mol. The van der Waals surface area contributed by atoms with Crippen LogP contribution in [0.1, 0.15) is 29.9 Å². The van der Waals surface area contributed by atoms with Crippen LogP contribution >= 0.6 is 0 Å². The average Bonchev–Trinajstić information content (AvgIpc) is 3.01. The molecule has 1 aromatic heterocycles. The molecular formula is C32H29N5O5S. The summed E-state index contributed by atoms with van der Waals surface area (Å²) in [5.41, 5.74) is 1.92. The van der Waals surface area contributed by atoms with Crippen molar-refractivity contribution >= 4 is 38.7 Å². The third-order valence-electron chi connectivity index (χ3n) is 6.57. The number of carbonyl (C=O) groups is 1. The number of nitrogens with one attached hydrogen (secondary N) is 2. The average molecular weight is 596 g/mol. The first kappa shape index (κ1) is 29.4. The molecule has 1 atom stereocenters. The number of rotatable bonds is 10. The fraction of sp³-hybridized carbons (Fsp3) is 0.125. The van der Waals surface area contributed by atoms with E-state index in [9.17, 15) is 18.0 Å². The molecule has 0 fully saturated rings. The highest BCUT2D eigenvalue weighted by atomic mass is 32.2. The van der Waals surface area contributed by atoms with Gasteiger partial charge >= 0.3 is 0 Å². The maximum absolute atomic E-state index is 13.8. The van der Waals surface area contributed by atoms with Gasteiger partial charge in [-0.3, -0.25) is 9.59 Å². The maximum atomic E-state index is 13.8. The molecule has 0 spiro atoms.